The van der Waals surface area contributed by atoms with Crippen LogP contribution in [0, 0.1) is 17.2 Å². The van der Waals surface area contributed by atoms with E-state index in [1.165, 1.54) is 5.56 Å². The van der Waals surface area contributed by atoms with Crippen LogP contribution in [0.15, 0.2) is 24.3 Å². The van der Waals surface area contributed by atoms with Crippen molar-refractivity contribution >= 4 is 0 Å². The number of rotatable bonds is 4. The van der Waals surface area contributed by atoms with E-state index in [1.807, 2.05) is 24.3 Å². The van der Waals surface area contributed by atoms with Gasteiger partial charge in [0, 0.05) is 0 Å². The van der Waals surface area contributed by atoms with Gasteiger partial charge >= 0.3 is 0 Å². The SMILES string of the molecule is N#Cc1ccc(CC(CN)CN)cc1. The Hall–Kier alpha value is -1.37. The van der Waals surface area contributed by atoms with E-state index in [-0.39, 0.29) is 0 Å². The minimum Gasteiger partial charge on any atom is -0.330 e. The standard InChI is InChI=1S/C11H15N3/c12-6-10-3-1-9(2-4-10)5-11(7-13)8-14/h1-4,11H,5,7-8,13-14H2. The fraction of sp³-hybridized carbons (Fsp3) is 0.364. The molecule has 0 spiro atoms. The Morgan fingerprint density at radius 2 is 1.71 bits per heavy atom. The maximum absolute atomic E-state index is 8.61. The Labute approximate surface area is 84.3 Å². The zero-order valence-corrected chi connectivity index (χ0v) is 8.11. The summed E-state index contributed by atoms with van der Waals surface area (Å²) in [5.41, 5.74) is 13.0. The molecule has 0 aliphatic rings. The first-order chi connectivity index (χ1) is 6.80. The Bertz CT molecular complexity index is 306. The molecule has 0 radical (unpaired) electrons. The van der Waals surface area contributed by atoms with Crippen molar-refractivity contribution < 1.29 is 0 Å². The van der Waals surface area contributed by atoms with E-state index in [0.717, 1.165) is 6.42 Å². The van der Waals surface area contributed by atoms with Gasteiger partial charge in [0.15, 0.2) is 0 Å². The maximum Gasteiger partial charge on any atom is 0.0991 e. The van der Waals surface area contributed by atoms with Gasteiger partial charge in [0.1, 0.15) is 0 Å². The van der Waals surface area contributed by atoms with Crippen molar-refractivity contribution in [2.24, 2.45) is 17.4 Å². The van der Waals surface area contributed by atoms with Gasteiger partial charge in [-0.15, -0.1) is 0 Å². The summed E-state index contributed by atoms with van der Waals surface area (Å²) in [5.74, 6) is 0.336. The van der Waals surface area contributed by atoms with E-state index in [1.54, 1.807) is 0 Å². The van der Waals surface area contributed by atoms with Gasteiger partial charge < -0.3 is 11.5 Å². The lowest BCUT2D eigenvalue weighted by atomic mass is 9.99. The maximum atomic E-state index is 8.61. The molecule has 1 aromatic rings. The summed E-state index contributed by atoms with van der Waals surface area (Å²) in [7, 11) is 0. The van der Waals surface area contributed by atoms with Gasteiger partial charge in [-0.3, -0.25) is 0 Å². The molecule has 0 fully saturated rings. The van der Waals surface area contributed by atoms with Crippen molar-refractivity contribution in [3.05, 3.63) is 35.4 Å². The minimum atomic E-state index is 0.336. The van der Waals surface area contributed by atoms with E-state index < -0.39 is 0 Å². The van der Waals surface area contributed by atoms with Crippen LogP contribution < -0.4 is 11.5 Å². The van der Waals surface area contributed by atoms with E-state index in [0.29, 0.717) is 24.6 Å². The zero-order chi connectivity index (χ0) is 10.4. The highest BCUT2D eigenvalue weighted by atomic mass is 14.6. The molecule has 0 bridgehead atoms. The largest absolute Gasteiger partial charge is 0.330 e. The molecule has 4 N–H and O–H groups in total. The number of nitrogens with two attached hydrogens (primary N) is 2. The number of hydrogen-bond acceptors (Lipinski definition) is 3. The third kappa shape index (κ3) is 2.84. The van der Waals surface area contributed by atoms with Crippen molar-refractivity contribution in [3.63, 3.8) is 0 Å². The second kappa shape index (κ2) is 5.38. The monoisotopic (exact) mass is 189 g/mol. The number of nitrogens with zero attached hydrogens (tertiary/aromatic N) is 1. The summed E-state index contributed by atoms with van der Waals surface area (Å²) in [6.07, 6.45) is 0.888. The molecular weight excluding hydrogens is 174 g/mol. The lowest BCUT2D eigenvalue weighted by Gasteiger charge is -2.11. The quantitative estimate of drug-likeness (QED) is 0.729. The van der Waals surface area contributed by atoms with Crippen molar-refractivity contribution in [2.75, 3.05) is 13.1 Å². The average Bonchev–Trinajstić information content (AvgIpc) is 2.26. The lowest BCUT2D eigenvalue weighted by Crippen LogP contribution is -2.25. The van der Waals surface area contributed by atoms with Crippen molar-refractivity contribution in [2.45, 2.75) is 6.42 Å². The summed E-state index contributed by atoms with van der Waals surface area (Å²) < 4.78 is 0. The van der Waals surface area contributed by atoms with Crippen LogP contribution in [-0.4, -0.2) is 13.1 Å². The molecule has 0 amide bonds. The fourth-order valence-electron chi connectivity index (χ4n) is 1.31. The van der Waals surface area contributed by atoms with Gasteiger partial charge in [0.2, 0.25) is 0 Å². The molecule has 1 rings (SSSR count). The molecule has 0 heterocycles. The molecule has 0 aliphatic carbocycles. The predicted molar refractivity (Wildman–Crippen MR) is 56.5 cm³/mol. The Morgan fingerprint density at radius 1 is 1.14 bits per heavy atom. The van der Waals surface area contributed by atoms with Crippen molar-refractivity contribution in [1.29, 1.82) is 5.26 Å². The fourth-order valence-corrected chi connectivity index (χ4v) is 1.31. The average molecular weight is 189 g/mol. The number of nitriles is 1. The van der Waals surface area contributed by atoms with E-state index in [2.05, 4.69) is 6.07 Å². The second-order valence-corrected chi connectivity index (χ2v) is 3.35. The van der Waals surface area contributed by atoms with E-state index >= 15 is 0 Å². The first-order valence-electron chi connectivity index (χ1n) is 4.69. The molecule has 74 valence electrons. The highest BCUT2D eigenvalue weighted by molar-refractivity contribution is 5.31. The molecule has 0 saturated heterocycles. The molecule has 14 heavy (non-hydrogen) atoms. The highest BCUT2D eigenvalue weighted by Crippen LogP contribution is 2.08. The van der Waals surface area contributed by atoms with Crippen LogP contribution >= 0.6 is 0 Å². The summed E-state index contributed by atoms with van der Waals surface area (Å²) in [5, 5.41) is 8.61. The first-order valence-corrected chi connectivity index (χ1v) is 4.69. The van der Waals surface area contributed by atoms with Crippen molar-refractivity contribution in [1.82, 2.24) is 0 Å². The lowest BCUT2D eigenvalue weighted by molar-refractivity contribution is 0.548. The summed E-state index contributed by atoms with van der Waals surface area (Å²) in [4.78, 5) is 0. The van der Waals surface area contributed by atoms with E-state index in [4.69, 9.17) is 16.7 Å². The van der Waals surface area contributed by atoms with Gasteiger partial charge in [0.25, 0.3) is 0 Å². The Kier molecular flexibility index (Phi) is 4.11. The van der Waals surface area contributed by atoms with Gasteiger partial charge in [-0.05, 0) is 43.1 Å². The van der Waals surface area contributed by atoms with Gasteiger partial charge in [0.05, 0.1) is 11.6 Å². The first kappa shape index (κ1) is 10.7. The third-order valence-electron chi connectivity index (χ3n) is 2.27. The van der Waals surface area contributed by atoms with Crippen LogP contribution in [0.4, 0.5) is 0 Å². The summed E-state index contributed by atoms with van der Waals surface area (Å²) >= 11 is 0. The van der Waals surface area contributed by atoms with Crippen LogP contribution in [-0.2, 0) is 6.42 Å². The van der Waals surface area contributed by atoms with Gasteiger partial charge in [-0.1, -0.05) is 12.1 Å². The Balaban J connectivity index is 2.64. The van der Waals surface area contributed by atoms with Crippen LogP contribution in [0.2, 0.25) is 0 Å². The molecule has 0 saturated carbocycles. The molecular formula is C11H15N3. The third-order valence-corrected chi connectivity index (χ3v) is 2.27. The predicted octanol–water partition coefficient (Wildman–Crippen LogP) is 0.634. The smallest absolute Gasteiger partial charge is 0.0991 e. The second-order valence-electron chi connectivity index (χ2n) is 3.35. The Morgan fingerprint density at radius 3 is 2.14 bits per heavy atom. The topological polar surface area (TPSA) is 75.8 Å². The summed E-state index contributed by atoms with van der Waals surface area (Å²) in [6.45, 7) is 1.22. The molecule has 3 heteroatoms. The van der Waals surface area contributed by atoms with Crippen LogP contribution in [0.1, 0.15) is 11.1 Å². The van der Waals surface area contributed by atoms with Crippen molar-refractivity contribution in [3.8, 4) is 6.07 Å². The van der Waals surface area contributed by atoms with Gasteiger partial charge in [-0.25, -0.2) is 0 Å². The molecule has 3 nitrogen and oxygen atoms in total. The molecule has 1 aromatic carbocycles. The summed E-state index contributed by atoms with van der Waals surface area (Å²) in [6, 6.07) is 9.63. The van der Waals surface area contributed by atoms with Crippen LogP contribution in [0.25, 0.3) is 0 Å². The molecule has 0 unspecified atom stereocenters. The normalized spacial score (nSPS) is 10.1. The van der Waals surface area contributed by atoms with Crippen LogP contribution in [0.5, 0.6) is 0 Å². The minimum absolute atomic E-state index is 0.336. The zero-order valence-electron chi connectivity index (χ0n) is 8.11. The highest BCUT2D eigenvalue weighted by Gasteiger charge is 2.04. The number of hydrogen-bond donors (Lipinski definition) is 2. The van der Waals surface area contributed by atoms with Gasteiger partial charge in [-0.2, -0.15) is 5.26 Å². The molecule has 0 atom stereocenters. The van der Waals surface area contributed by atoms with Crippen LogP contribution in [0.3, 0.4) is 0 Å². The van der Waals surface area contributed by atoms with E-state index in [9.17, 15) is 0 Å². The molecule has 0 aromatic heterocycles. The molecule has 0 aliphatic heterocycles. The number of benzene rings is 1.